The van der Waals surface area contributed by atoms with Crippen molar-refractivity contribution in [3.05, 3.63) is 24.3 Å². The lowest BCUT2D eigenvalue weighted by atomic mass is 10.0. The van der Waals surface area contributed by atoms with E-state index < -0.39 is 51.1 Å². The maximum atomic E-state index is 12.7. The summed E-state index contributed by atoms with van der Waals surface area (Å²) < 4.78 is 32.8. The summed E-state index contributed by atoms with van der Waals surface area (Å²) in [6.07, 6.45) is 45.3. The first kappa shape index (κ1) is 57.0. The minimum Gasteiger partial charge on any atom is -0.480 e. The molecule has 0 aliphatic carbocycles. The standard InChI is InChI=1S/C47H88NO10P/c1-3-5-7-9-11-13-15-17-19-20-21-22-23-24-25-27-29-31-33-35-37-39-46(50)58-43(41-56-59(53,54)57-42-44(48)47(51)52)40-55-45(49)38-36-34-32-30-28-26-18-16-14-12-10-8-6-4-2/h10,12,16,18,43-44H,3-9,11,13-15,17,19-42,48H2,1-2H3,(H,51,52)(H,53,54)/b12-10+,18-16+/t43-,44-/m0/s1. The highest BCUT2D eigenvalue weighted by atomic mass is 31.2. The van der Waals surface area contributed by atoms with Gasteiger partial charge < -0.3 is 25.2 Å². The lowest BCUT2D eigenvalue weighted by Crippen LogP contribution is -2.34. The van der Waals surface area contributed by atoms with Gasteiger partial charge in [-0.1, -0.05) is 199 Å². The smallest absolute Gasteiger partial charge is 0.472 e. The summed E-state index contributed by atoms with van der Waals surface area (Å²) in [5.41, 5.74) is 5.34. The molecule has 4 N–H and O–H groups in total. The van der Waals surface area contributed by atoms with E-state index in [1.807, 2.05) is 0 Å². The van der Waals surface area contributed by atoms with Crippen LogP contribution in [0.4, 0.5) is 0 Å². The predicted molar refractivity (Wildman–Crippen MR) is 240 cm³/mol. The van der Waals surface area contributed by atoms with Crippen LogP contribution in [0.5, 0.6) is 0 Å². The van der Waals surface area contributed by atoms with Gasteiger partial charge in [0, 0.05) is 12.8 Å². The Kier molecular flexibility index (Phi) is 41.2. The summed E-state index contributed by atoms with van der Waals surface area (Å²) >= 11 is 0. The van der Waals surface area contributed by atoms with Gasteiger partial charge in [-0.05, 0) is 38.5 Å². The van der Waals surface area contributed by atoms with Crippen LogP contribution in [0.1, 0.15) is 226 Å². The van der Waals surface area contributed by atoms with Crippen LogP contribution in [0.15, 0.2) is 24.3 Å². The minimum absolute atomic E-state index is 0.163. The number of hydrogen-bond acceptors (Lipinski definition) is 9. The van der Waals surface area contributed by atoms with E-state index >= 15 is 0 Å². The van der Waals surface area contributed by atoms with Crippen molar-refractivity contribution in [1.29, 1.82) is 0 Å². The number of hydrogen-bond donors (Lipinski definition) is 3. The van der Waals surface area contributed by atoms with Crippen LogP contribution in [0, 0.1) is 0 Å². The number of esters is 2. The third-order valence-corrected chi connectivity index (χ3v) is 11.4. The van der Waals surface area contributed by atoms with Crippen LogP contribution < -0.4 is 5.73 Å². The molecular formula is C47H88NO10P. The molecule has 0 aromatic rings. The van der Waals surface area contributed by atoms with Crippen LogP contribution in [0.3, 0.4) is 0 Å². The monoisotopic (exact) mass is 858 g/mol. The number of carbonyl (C=O) groups excluding carboxylic acids is 2. The van der Waals surface area contributed by atoms with Gasteiger partial charge in [-0.3, -0.25) is 23.4 Å². The number of carboxylic acid groups (broad SMARTS) is 1. The van der Waals surface area contributed by atoms with Crippen molar-refractivity contribution < 1.29 is 47.5 Å². The van der Waals surface area contributed by atoms with Crippen LogP contribution in [-0.4, -0.2) is 59.9 Å². The van der Waals surface area contributed by atoms with Gasteiger partial charge in [-0.15, -0.1) is 0 Å². The van der Waals surface area contributed by atoms with Crippen molar-refractivity contribution in [2.45, 2.75) is 238 Å². The van der Waals surface area contributed by atoms with Crippen molar-refractivity contribution in [2.24, 2.45) is 5.73 Å². The molecule has 346 valence electrons. The molecule has 0 aliphatic rings. The van der Waals surface area contributed by atoms with E-state index in [4.69, 9.17) is 24.8 Å². The fourth-order valence-electron chi connectivity index (χ4n) is 6.67. The first-order valence-corrected chi connectivity index (χ1v) is 25.4. The summed E-state index contributed by atoms with van der Waals surface area (Å²) in [4.78, 5) is 46.0. The number of carbonyl (C=O) groups is 3. The molecule has 12 heteroatoms. The second kappa shape index (κ2) is 42.6. The summed E-state index contributed by atoms with van der Waals surface area (Å²) in [5.74, 6) is -2.38. The molecule has 0 fully saturated rings. The lowest BCUT2D eigenvalue weighted by Gasteiger charge is -2.20. The van der Waals surface area contributed by atoms with Crippen molar-refractivity contribution in [3.63, 3.8) is 0 Å². The number of nitrogens with two attached hydrogens (primary N) is 1. The van der Waals surface area contributed by atoms with Gasteiger partial charge in [0.15, 0.2) is 6.10 Å². The average molecular weight is 858 g/mol. The lowest BCUT2D eigenvalue weighted by molar-refractivity contribution is -0.161. The highest BCUT2D eigenvalue weighted by Gasteiger charge is 2.28. The second-order valence-corrected chi connectivity index (χ2v) is 17.7. The van der Waals surface area contributed by atoms with Crippen LogP contribution in [0.2, 0.25) is 0 Å². The molecule has 0 saturated heterocycles. The molecule has 0 rings (SSSR count). The van der Waals surface area contributed by atoms with Crippen LogP contribution >= 0.6 is 7.82 Å². The molecule has 0 spiro atoms. The number of allylic oxidation sites excluding steroid dienone is 4. The number of carboxylic acids is 1. The van der Waals surface area contributed by atoms with E-state index in [0.29, 0.717) is 12.8 Å². The molecule has 0 saturated carbocycles. The van der Waals surface area contributed by atoms with Gasteiger partial charge >= 0.3 is 25.7 Å². The number of aliphatic carboxylic acids is 1. The molecule has 0 heterocycles. The first-order valence-electron chi connectivity index (χ1n) is 23.9. The zero-order chi connectivity index (χ0) is 43.5. The fourth-order valence-corrected chi connectivity index (χ4v) is 7.45. The molecule has 0 aromatic heterocycles. The highest BCUT2D eigenvalue weighted by Crippen LogP contribution is 2.43. The maximum absolute atomic E-state index is 12.7. The predicted octanol–water partition coefficient (Wildman–Crippen LogP) is 13.0. The number of unbranched alkanes of at least 4 members (excludes halogenated alkanes) is 27. The Bertz CT molecular complexity index is 1100. The van der Waals surface area contributed by atoms with Gasteiger partial charge in [-0.2, -0.15) is 0 Å². The largest absolute Gasteiger partial charge is 0.480 e. The van der Waals surface area contributed by atoms with Crippen molar-refractivity contribution >= 4 is 25.7 Å². The average Bonchev–Trinajstić information content (AvgIpc) is 3.21. The summed E-state index contributed by atoms with van der Waals surface area (Å²) in [6, 6.07) is -1.52. The molecular weight excluding hydrogens is 769 g/mol. The van der Waals surface area contributed by atoms with Crippen molar-refractivity contribution in [1.82, 2.24) is 0 Å². The number of phosphoric acid groups is 1. The molecule has 1 unspecified atom stereocenters. The zero-order valence-corrected chi connectivity index (χ0v) is 38.5. The molecule has 0 aliphatic heterocycles. The zero-order valence-electron chi connectivity index (χ0n) is 37.6. The van der Waals surface area contributed by atoms with E-state index in [1.54, 1.807) is 0 Å². The van der Waals surface area contributed by atoms with Gasteiger partial charge in [0.05, 0.1) is 13.2 Å². The Labute approximate surface area is 360 Å². The SMILES string of the molecule is CCCC/C=C/C/C=C/CCCCCCCC(=O)OC[C@@H](COP(=O)(O)OC[C@H](N)C(=O)O)OC(=O)CCCCCCCCCCCCCCCCCCCCCCC. The Balaban J connectivity index is 4.25. The van der Waals surface area contributed by atoms with E-state index in [1.165, 1.54) is 122 Å². The number of phosphoric ester groups is 1. The molecule has 0 amide bonds. The normalized spacial score (nSPS) is 13.8. The van der Waals surface area contributed by atoms with Gasteiger partial charge in [0.1, 0.15) is 12.6 Å². The van der Waals surface area contributed by atoms with Crippen LogP contribution in [-0.2, 0) is 37.5 Å². The molecule has 0 aromatic carbocycles. The highest BCUT2D eigenvalue weighted by molar-refractivity contribution is 7.47. The van der Waals surface area contributed by atoms with Crippen molar-refractivity contribution in [3.8, 4) is 0 Å². The molecule has 3 atom stereocenters. The Hall–Kier alpha value is -2.04. The van der Waals surface area contributed by atoms with E-state index in [2.05, 4.69) is 42.7 Å². The quantitative estimate of drug-likeness (QED) is 0.0230. The third kappa shape index (κ3) is 42.4. The first-order chi connectivity index (χ1) is 28.6. The number of ether oxygens (including phenoxy) is 2. The summed E-state index contributed by atoms with van der Waals surface area (Å²) in [7, 11) is -4.72. The van der Waals surface area contributed by atoms with Crippen molar-refractivity contribution in [2.75, 3.05) is 19.8 Å². The molecule has 11 nitrogen and oxygen atoms in total. The Morgan fingerprint density at radius 3 is 1.37 bits per heavy atom. The van der Waals surface area contributed by atoms with Gasteiger partial charge in [-0.25, -0.2) is 4.57 Å². The van der Waals surface area contributed by atoms with Gasteiger partial charge in [0.25, 0.3) is 0 Å². The molecule has 59 heavy (non-hydrogen) atoms. The maximum Gasteiger partial charge on any atom is 0.472 e. The van der Waals surface area contributed by atoms with Crippen LogP contribution in [0.25, 0.3) is 0 Å². The van der Waals surface area contributed by atoms with Gasteiger partial charge in [0.2, 0.25) is 0 Å². The second-order valence-electron chi connectivity index (χ2n) is 16.2. The third-order valence-electron chi connectivity index (χ3n) is 10.5. The molecule has 0 radical (unpaired) electrons. The molecule has 0 bridgehead atoms. The Morgan fingerprint density at radius 1 is 0.525 bits per heavy atom. The Morgan fingerprint density at radius 2 is 0.915 bits per heavy atom. The minimum atomic E-state index is -4.72. The van der Waals surface area contributed by atoms with E-state index in [0.717, 1.165) is 64.2 Å². The summed E-state index contributed by atoms with van der Waals surface area (Å²) in [5, 5.41) is 8.90. The van der Waals surface area contributed by atoms with E-state index in [-0.39, 0.29) is 19.4 Å². The van der Waals surface area contributed by atoms with E-state index in [9.17, 15) is 23.8 Å². The number of rotatable bonds is 45. The fraction of sp³-hybridized carbons (Fsp3) is 0.851. The summed E-state index contributed by atoms with van der Waals surface area (Å²) in [6.45, 7) is 2.78. The topological polar surface area (TPSA) is 172 Å².